The van der Waals surface area contributed by atoms with Crippen molar-refractivity contribution in [2.24, 2.45) is 5.41 Å². The number of benzene rings is 1. The molecule has 0 radical (unpaired) electrons. The topological polar surface area (TPSA) is 21.3 Å². The summed E-state index contributed by atoms with van der Waals surface area (Å²) >= 11 is 0. The molecule has 2 rings (SSSR count). The number of ether oxygens (including phenoxy) is 1. The summed E-state index contributed by atoms with van der Waals surface area (Å²) in [4.78, 5) is 0. The second-order valence-electron chi connectivity index (χ2n) is 5.11. The van der Waals surface area contributed by atoms with Gasteiger partial charge in [-0.2, -0.15) is 0 Å². The minimum Gasteiger partial charge on any atom is -0.406 e. The van der Waals surface area contributed by atoms with Crippen LogP contribution in [0.2, 0.25) is 0 Å². The summed E-state index contributed by atoms with van der Waals surface area (Å²) in [6.45, 7) is 3.66. The lowest BCUT2D eigenvalue weighted by atomic mass is 10.1. The normalized spacial score (nSPS) is 17.6. The van der Waals surface area contributed by atoms with Crippen LogP contribution < -0.4 is 10.1 Å². The fourth-order valence-electron chi connectivity index (χ4n) is 1.75. The first-order chi connectivity index (χ1) is 8.36. The van der Waals surface area contributed by atoms with Gasteiger partial charge < -0.3 is 10.1 Å². The minimum atomic E-state index is -4.63. The molecule has 1 aromatic rings. The van der Waals surface area contributed by atoms with Crippen molar-refractivity contribution >= 4 is 0 Å². The standard InChI is InChI=1S/C13H16F3NO/c1-12(5-6-12)9-17-8-10-3-2-4-11(7-10)18-13(14,15)16/h2-4,7,17H,5-6,8-9H2,1H3. The van der Waals surface area contributed by atoms with Crippen molar-refractivity contribution in [2.45, 2.75) is 32.7 Å². The van der Waals surface area contributed by atoms with Gasteiger partial charge in [0.05, 0.1) is 0 Å². The Kier molecular flexibility index (Phi) is 3.52. The second-order valence-corrected chi connectivity index (χ2v) is 5.11. The van der Waals surface area contributed by atoms with Crippen molar-refractivity contribution in [3.05, 3.63) is 29.8 Å². The first-order valence-electron chi connectivity index (χ1n) is 5.92. The van der Waals surface area contributed by atoms with E-state index in [1.807, 2.05) is 0 Å². The Morgan fingerprint density at radius 1 is 1.33 bits per heavy atom. The lowest BCUT2D eigenvalue weighted by molar-refractivity contribution is -0.274. The maximum absolute atomic E-state index is 12.1. The summed E-state index contributed by atoms with van der Waals surface area (Å²) in [5.74, 6) is -0.167. The Morgan fingerprint density at radius 3 is 2.67 bits per heavy atom. The van der Waals surface area contributed by atoms with Gasteiger partial charge in [0.25, 0.3) is 0 Å². The molecule has 0 atom stereocenters. The third-order valence-electron chi connectivity index (χ3n) is 3.12. The molecule has 1 N–H and O–H groups in total. The summed E-state index contributed by atoms with van der Waals surface area (Å²) in [5.41, 5.74) is 1.18. The maximum Gasteiger partial charge on any atom is 0.573 e. The van der Waals surface area contributed by atoms with E-state index < -0.39 is 6.36 Å². The monoisotopic (exact) mass is 259 g/mol. The number of alkyl halides is 3. The maximum atomic E-state index is 12.1. The van der Waals surface area contributed by atoms with Crippen LogP contribution in [0.3, 0.4) is 0 Å². The third kappa shape index (κ3) is 4.22. The minimum absolute atomic E-state index is 0.167. The van der Waals surface area contributed by atoms with Crippen molar-refractivity contribution in [1.29, 1.82) is 0 Å². The lowest BCUT2D eigenvalue weighted by Gasteiger charge is -2.12. The van der Waals surface area contributed by atoms with E-state index in [-0.39, 0.29) is 5.75 Å². The lowest BCUT2D eigenvalue weighted by Crippen LogP contribution is -2.21. The Morgan fingerprint density at radius 2 is 2.06 bits per heavy atom. The van der Waals surface area contributed by atoms with E-state index in [0.29, 0.717) is 12.0 Å². The highest BCUT2D eigenvalue weighted by Gasteiger charge is 2.36. The fourth-order valence-corrected chi connectivity index (χ4v) is 1.75. The van der Waals surface area contributed by atoms with Gasteiger partial charge in [-0.05, 0) is 36.0 Å². The molecule has 0 spiro atoms. The van der Waals surface area contributed by atoms with Crippen molar-refractivity contribution in [3.63, 3.8) is 0 Å². The van der Waals surface area contributed by atoms with Gasteiger partial charge in [0.1, 0.15) is 5.75 Å². The Labute approximate surface area is 104 Å². The highest BCUT2D eigenvalue weighted by molar-refractivity contribution is 5.28. The molecule has 0 heterocycles. The van der Waals surface area contributed by atoms with Crippen molar-refractivity contribution in [2.75, 3.05) is 6.54 Å². The molecule has 1 fully saturated rings. The predicted octanol–water partition coefficient (Wildman–Crippen LogP) is 3.47. The van der Waals surface area contributed by atoms with Gasteiger partial charge in [-0.25, -0.2) is 0 Å². The Hall–Kier alpha value is -1.23. The second kappa shape index (κ2) is 4.80. The molecule has 0 unspecified atom stereocenters. The average Bonchev–Trinajstić information content (AvgIpc) is 2.94. The van der Waals surface area contributed by atoms with Crippen LogP contribution in [0, 0.1) is 5.41 Å². The number of nitrogens with one attached hydrogen (secondary N) is 1. The number of halogens is 3. The summed E-state index contributed by atoms with van der Waals surface area (Å²) < 4.78 is 40.0. The molecule has 1 aromatic carbocycles. The quantitative estimate of drug-likeness (QED) is 0.874. The average molecular weight is 259 g/mol. The molecule has 1 saturated carbocycles. The fraction of sp³-hybridized carbons (Fsp3) is 0.538. The summed E-state index contributed by atoms with van der Waals surface area (Å²) in [6, 6.07) is 6.07. The Balaban J connectivity index is 1.86. The van der Waals surface area contributed by atoms with E-state index in [4.69, 9.17) is 0 Å². The zero-order chi connectivity index (χ0) is 13.2. The zero-order valence-electron chi connectivity index (χ0n) is 10.2. The summed E-state index contributed by atoms with van der Waals surface area (Å²) in [6.07, 6.45) is -2.19. The molecule has 5 heteroatoms. The largest absolute Gasteiger partial charge is 0.573 e. The predicted molar refractivity (Wildman–Crippen MR) is 62.2 cm³/mol. The third-order valence-corrected chi connectivity index (χ3v) is 3.12. The molecule has 18 heavy (non-hydrogen) atoms. The Bertz CT molecular complexity index is 413. The van der Waals surface area contributed by atoms with Crippen LogP contribution >= 0.6 is 0 Å². The van der Waals surface area contributed by atoms with E-state index in [0.717, 1.165) is 12.1 Å². The number of rotatable bonds is 5. The van der Waals surface area contributed by atoms with Gasteiger partial charge >= 0.3 is 6.36 Å². The van der Waals surface area contributed by atoms with Crippen LogP contribution in [0.15, 0.2) is 24.3 Å². The molecular formula is C13H16F3NO. The van der Waals surface area contributed by atoms with Crippen molar-refractivity contribution in [1.82, 2.24) is 5.32 Å². The van der Waals surface area contributed by atoms with Gasteiger partial charge in [-0.3, -0.25) is 0 Å². The van der Waals surface area contributed by atoms with Crippen LogP contribution in [0.5, 0.6) is 5.75 Å². The van der Waals surface area contributed by atoms with Gasteiger partial charge in [0, 0.05) is 13.1 Å². The van der Waals surface area contributed by atoms with Crippen molar-refractivity contribution < 1.29 is 17.9 Å². The van der Waals surface area contributed by atoms with Gasteiger partial charge in [0.15, 0.2) is 0 Å². The van der Waals surface area contributed by atoms with E-state index >= 15 is 0 Å². The molecule has 2 nitrogen and oxygen atoms in total. The highest BCUT2D eigenvalue weighted by Crippen LogP contribution is 2.44. The molecule has 1 aliphatic rings. The summed E-state index contributed by atoms with van der Waals surface area (Å²) in [7, 11) is 0. The van der Waals surface area contributed by atoms with E-state index in [9.17, 15) is 13.2 Å². The molecule has 0 saturated heterocycles. The van der Waals surface area contributed by atoms with Crippen molar-refractivity contribution in [3.8, 4) is 5.75 Å². The molecule has 0 bridgehead atoms. The molecule has 1 aliphatic carbocycles. The van der Waals surface area contributed by atoms with E-state index in [1.165, 1.54) is 25.0 Å². The van der Waals surface area contributed by atoms with E-state index in [2.05, 4.69) is 17.0 Å². The molecule has 100 valence electrons. The molecular weight excluding hydrogens is 243 g/mol. The molecule has 0 amide bonds. The van der Waals surface area contributed by atoms with Gasteiger partial charge in [-0.15, -0.1) is 13.2 Å². The van der Waals surface area contributed by atoms with Crippen LogP contribution in [0.4, 0.5) is 13.2 Å². The van der Waals surface area contributed by atoms with Crippen LogP contribution in [0.1, 0.15) is 25.3 Å². The highest BCUT2D eigenvalue weighted by atomic mass is 19.4. The molecule has 0 aromatic heterocycles. The van der Waals surface area contributed by atoms with Gasteiger partial charge in [-0.1, -0.05) is 19.1 Å². The van der Waals surface area contributed by atoms with Crippen LogP contribution in [-0.2, 0) is 6.54 Å². The van der Waals surface area contributed by atoms with Crippen LogP contribution in [-0.4, -0.2) is 12.9 Å². The SMILES string of the molecule is CC1(CNCc2cccc(OC(F)(F)F)c2)CC1. The first kappa shape index (κ1) is 13.2. The molecule has 0 aliphatic heterocycles. The van der Waals surface area contributed by atoms with Gasteiger partial charge in [0.2, 0.25) is 0 Å². The number of hydrogen-bond donors (Lipinski definition) is 1. The summed E-state index contributed by atoms with van der Waals surface area (Å²) in [5, 5.41) is 3.26. The zero-order valence-corrected chi connectivity index (χ0v) is 10.2. The smallest absolute Gasteiger partial charge is 0.406 e. The van der Waals surface area contributed by atoms with Crippen LogP contribution in [0.25, 0.3) is 0 Å². The number of hydrogen-bond acceptors (Lipinski definition) is 2. The van der Waals surface area contributed by atoms with E-state index in [1.54, 1.807) is 12.1 Å². The first-order valence-corrected chi connectivity index (χ1v) is 5.92.